The number of halogens is 1. The lowest BCUT2D eigenvalue weighted by Crippen LogP contribution is -2.38. The molecule has 1 heterocycles. The fourth-order valence-electron chi connectivity index (χ4n) is 1.46. The zero-order valence-electron chi connectivity index (χ0n) is 9.70. The van der Waals surface area contributed by atoms with Gasteiger partial charge in [0.15, 0.2) is 11.0 Å². The lowest BCUT2D eigenvalue weighted by atomic mass is 10.2. The van der Waals surface area contributed by atoms with Gasteiger partial charge in [-0.2, -0.15) is 11.8 Å². The van der Waals surface area contributed by atoms with E-state index in [1.54, 1.807) is 35.8 Å². The molecule has 0 bridgehead atoms. The first-order valence-electron chi connectivity index (χ1n) is 5.11. The van der Waals surface area contributed by atoms with Crippen molar-refractivity contribution in [3.8, 4) is 0 Å². The molecule has 0 aliphatic carbocycles. The highest BCUT2D eigenvalue weighted by Gasteiger charge is 2.21. The minimum absolute atomic E-state index is 0.118. The number of hydrogen-bond acceptors (Lipinski definition) is 3. The van der Waals surface area contributed by atoms with Crippen LogP contribution in [0.4, 0.5) is 0 Å². The molecule has 3 nitrogen and oxygen atoms in total. The van der Waals surface area contributed by atoms with Crippen LogP contribution in [0, 0.1) is 0 Å². The summed E-state index contributed by atoms with van der Waals surface area (Å²) in [6, 6.07) is 3.41. The Labute approximate surface area is 105 Å². The maximum atomic E-state index is 12.0. The van der Waals surface area contributed by atoms with Crippen molar-refractivity contribution in [1.82, 2.24) is 4.90 Å². The Morgan fingerprint density at radius 3 is 2.75 bits per heavy atom. The van der Waals surface area contributed by atoms with E-state index in [2.05, 4.69) is 6.92 Å². The first-order valence-corrected chi connectivity index (χ1v) is 6.88. The Kier molecular flexibility index (Phi) is 5.22. The van der Waals surface area contributed by atoms with Crippen molar-refractivity contribution < 1.29 is 9.21 Å². The topological polar surface area (TPSA) is 33.5 Å². The van der Waals surface area contributed by atoms with Crippen LogP contribution in [0.5, 0.6) is 0 Å². The van der Waals surface area contributed by atoms with Gasteiger partial charge in [0.05, 0.1) is 0 Å². The quantitative estimate of drug-likeness (QED) is 0.816. The van der Waals surface area contributed by atoms with Gasteiger partial charge in [0.2, 0.25) is 0 Å². The Balaban J connectivity index is 2.72. The molecule has 1 unspecified atom stereocenters. The molecule has 5 heteroatoms. The van der Waals surface area contributed by atoms with Crippen molar-refractivity contribution in [2.24, 2.45) is 0 Å². The normalized spacial score (nSPS) is 12.5. The predicted molar refractivity (Wildman–Crippen MR) is 68.3 cm³/mol. The Bertz CT molecular complexity index is 354. The van der Waals surface area contributed by atoms with E-state index in [9.17, 15) is 4.79 Å². The van der Waals surface area contributed by atoms with Crippen molar-refractivity contribution >= 4 is 29.3 Å². The van der Waals surface area contributed by atoms with Gasteiger partial charge in [-0.25, -0.2) is 0 Å². The van der Waals surface area contributed by atoms with E-state index in [4.69, 9.17) is 16.0 Å². The first-order chi connectivity index (χ1) is 7.60. The number of carbonyl (C=O) groups is 1. The number of furan rings is 1. The second kappa shape index (κ2) is 6.21. The summed E-state index contributed by atoms with van der Waals surface area (Å²) < 4.78 is 5.11. The van der Waals surface area contributed by atoms with Gasteiger partial charge in [0, 0.05) is 18.8 Å². The predicted octanol–water partition coefficient (Wildman–Crippen LogP) is 3.15. The molecule has 0 spiro atoms. The van der Waals surface area contributed by atoms with Gasteiger partial charge >= 0.3 is 0 Å². The highest BCUT2D eigenvalue weighted by Crippen LogP contribution is 2.17. The van der Waals surface area contributed by atoms with Gasteiger partial charge in [0.25, 0.3) is 5.91 Å². The summed E-state index contributed by atoms with van der Waals surface area (Å²) in [7, 11) is 1.79. The summed E-state index contributed by atoms with van der Waals surface area (Å²) in [5.41, 5.74) is 0. The second-order valence-corrected chi connectivity index (χ2v) is 4.82. The van der Waals surface area contributed by atoms with E-state index >= 15 is 0 Å². The van der Waals surface area contributed by atoms with Crippen LogP contribution in [0.2, 0.25) is 5.22 Å². The average Bonchev–Trinajstić information content (AvgIpc) is 2.70. The number of hydrogen-bond donors (Lipinski definition) is 0. The average molecular weight is 262 g/mol. The van der Waals surface area contributed by atoms with E-state index in [1.807, 2.05) is 6.26 Å². The highest BCUT2D eigenvalue weighted by atomic mass is 35.5. The maximum Gasteiger partial charge on any atom is 0.289 e. The molecular formula is C11H16ClNO2S. The highest BCUT2D eigenvalue weighted by molar-refractivity contribution is 7.98. The van der Waals surface area contributed by atoms with Crippen LogP contribution in [0.1, 0.15) is 23.9 Å². The third-order valence-electron chi connectivity index (χ3n) is 2.48. The van der Waals surface area contributed by atoms with E-state index < -0.39 is 0 Å². The molecule has 0 saturated heterocycles. The Morgan fingerprint density at radius 1 is 1.62 bits per heavy atom. The van der Waals surface area contributed by atoms with Gasteiger partial charge in [0.1, 0.15) is 0 Å². The fourth-order valence-corrected chi connectivity index (χ4v) is 2.45. The number of thioether (sulfide) groups is 1. The smallest absolute Gasteiger partial charge is 0.289 e. The van der Waals surface area contributed by atoms with Gasteiger partial charge in [-0.1, -0.05) is 6.92 Å². The van der Waals surface area contributed by atoms with Crippen molar-refractivity contribution in [3.05, 3.63) is 23.1 Å². The van der Waals surface area contributed by atoms with Crippen LogP contribution in [0.15, 0.2) is 16.5 Å². The van der Waals surface area contributed by atoms with Crippen molar-refractivity contribution in [2.75, 3.05) is 19.1 Å². The van der Waals surface area contributed by atoms with Crippen molar-refractivity contribution in [2.45, 2.75) is 19.4 Å². The summed E-state index contributed by atoms with van der Waals surface area (Å²) in [5.74, 6) is 1.10. The monoisotopic (exact) mass is 261 g/mol. The molecule has 0 aliphatic heterocycles. The SMILES string of the molecule is CCC(CSC)N(C)C(=O)c1ccc(Cl)o1. The first kappa shape index (κ1) is 13.5. The molecule has 1 atom stereocenters. The third kappa shape index (κ3) is 3.19. The number of carbonyl (C=O) groups excluding carboxylic acids is 1. The van der Waals surface area contributed by atoms with Crippen molar-refractivity contribution in [3.63, 3.8) is 0 Å². The van der Waals surface area contributed by atoms with Crippen LogP contribution < -0.4 is 0 Å². The standard InChI is InChI=1S/C11H16ClNO2S/c1-4-8(7-16-3)13(2)11(14)9-5-6-10(12)15-9/h5-6,8H,4,7H2,1-3H3. The zero-order valence-corrected chi connectivity index (χ0v) is 11.3. The Hall–Kier alpha value is -0.610. The van der Waals surface area contributed by atoms with Crippen LogP contribution >= 0.6 is 23.4 Å². The fraction of sp³-hybridized carbons (Fsp3) is 0.545. The molecule has 0 saturated carbocycles. The minimum atomic E-state index is -0.118. The lowest BCUT2D eigenvalue weighted by Gasteiger charge is -2.25. The summed E-state index contributed by atoms with van der Waals surface area (Å²) in [6.45, 7) is 2.07. The van der Waals surface area contributed by atoms with E-state index in [0.29, 0.717) is 5.76 Å². The molecule has 90 valence electrons. The second-order valence-electron chi connectivity index (χ2n) is 3.54. The van der Waals surface area contributed by atoms with Gasteiger partial charge in [-0.3, -0.25) is 4.79 Å². The third-order valence-corrected chi connectivity index (χ3v) is 3.40. The molecule has 1 rings (SSSR count). The molecule has 16 heavy (non-hydrogen) atoms. The van der Waals surface area contributed by atoms with Crippen LogP contribution in [-0.2, 0) is 0 Å². The van der Waals surface area contributed by atoms with E-state index in [-0.39, 0.29) is 17.2 Å². The molecule has 1 amide bonds. The summed E-state index contributed by atoms with van der Waals surface area (Å²) >= 11 is 7.37. The molecule has 0 aliphatic rings. The largest absolute Gasteiger partial charge is 0.440 e. The van der Waals surface area contributed by atoms with Crippen LogP contribution in [0.25, 0.3) is 0 Å². The molecule has 1 aromatic rings. The van der Waals surface area contributed by atoms with E-state index in [0.717, 1.165) is 12.2 Å². The number of nitrogens with zero attached hydrogens (tertiary/aromatic N) is 1. The van der Waals surface area contributed by atoms with Crippen molar-refractivity contribution in [1.29, 1.82) is 0 Å². The molecule has 0 aromatic carbocycles. The molecular weight excluding hydrogens is 246 g/mol. The molecule has 0 fully saturated rings. The molecule has 0 N–H and O–H groups in total. The lowest BCUT2D eigenvalue weighted by molar-refractivity contribution is 0.0711. The Morgan fingerprint density at radius 2 is 2.31 bits per heavy atom. The number of amides is 1. The molecule has 0 radical (unpaired) electrons. The van der Waals surface area contributed by atoms with E-state index in [1.165, 1.54) is 0 Å². The summed E-state index contributed by atoms with van der Waals surface area (Å²) in [4.78, 5) is 13.7. The van der Waals surface area contributed by atoms with Gasteiger partial charge < -0.3 is 9.32 Å². The van der Waals surface area contributed by atoms with Crippen LogP contribution in [-0.4, -0.2) is 35.9 Å². The zero-order chi connectivity index (χ0) is 12.1. The maximum absolute atomic E-state index is 12.0. The molecule has 1 aromatic heterocycles. The summed E-state index contributed by atoms with van der Waals surface area (Å²) in [6.07, 6.45) is 2.96. The van der Waals surface area contributed by atoms with Gasteiger partial charge in [-0.15, -0.1) is 0 Å². The minimum Gasteiger partial charge on any atom is -0.440 e. The number of rotatable bonds is 5. The van der Waals surface area contributed by atoms with Crippen LogP contribution in [0.3, 0.4) is 0 Å². The summed E-state index contributed by atoms with van der Waals surface area (Å²) in [5, 5.41) is 0.245. The van der Waals surface area contributed by atoms with Gasteiger partial charge in [-0.05, 0) is 36.4 Å².